The largest absolute Gasteiger partial charge is 0.471 e. The second kappa shape index (κ2) is 10.9. The van der Waals surface area contributed by atoms with E-state index >= 15 is 0 Å². The van der Waals surface area contributed by atoms with Crippen molar-refractivity contribution in [3.8, 4) is 0 Å². The summed E-state index contributed by atoms with van der Waals surface area (Å²) in [6.45, 7) is 6.88. The maximum absolute atomic E-state index is 12.4. The Kier molecular flexibility index (Phi) is 10.2. The quantitative estimate of drug-likeness (QED) is 0.599. The van der Waals surface area contributed by atoms with Crippen LogP contribution < -0.4 is 5.32 Å². The van der Waals surface area contributed by atoms with E-state index in [-0.39, 0.29) is 25.4 Å². The summed E-state index contributed by atoms with van der Waals surface area (Å²) in [4.78, 5) is 34.6. The van der Waals surface area contributed by atoms with Crippen LogP contribution in [0.2, 0.25) is 0 Å². The number of alkyl halides is 3. The molecular weight excluding hydrogens is 343 g/mol. The van der Waals surface area contributed by atoms with E-state index < -0.39 is 36.2 Å². The zero-order chi connectivity index (χ0) is 19.6. The van der Waals surface area contributed by atoms with Crippen LogP contribution in [-0.2, 0) is 23.9 Å². The van der Waals surface area contributed by atoms with Crippen molar-refractivity contribution in [2.24, 2.45) is 0 Å². The second-order valence-corrected chi connectivity index (χ2v) is 5.78. The lowest BCUT2D eigenvalue weighted by Gasteiger charge is -2.20. The first-order valence-electron chi connectivity index (χ1n) is 8.28. The van der Waals surface area contributed by atoms with Crippen LogP contribution in [0.15, 0.2) is 0 Å². The third-order valence-corrected chi connectivity index (χ3v) is 3.52. The van der Waals surface area contributed by atoms with Gasteiger partial charge in [0.05, 0.1) is 12.2 Å². The molecule has 1 N–H and O–H groups in total. The zero-order valence-electron chi connectivity index (χ0n) is 14.9. The third kappa shape index (κ3) is 9.93. The highest BCUT2D eigenvalue weighted by atomic mass is 19.4. The van der Waals surface area contributed by atoms with Gasteiger partial charge < -0.3 is 14.8 Å². The minimum absolute atomic E-state index is 0.0701. The Bertz CT molecular complexity index is 454. The average Bonchev–Trinajstić information content (AvgIpc) is 2.52. The van der Waals surface area contributed by atoms with E-state index in [0.29, 0.717) is 12.8 Å². The molecular formula is C16H26F3NO5. The van der Waals surface area contributed by atoms with Crippen LogP contribution in [-0.4, -0.2) is 42.3 Å². The van der Waals surface area contributed by atoms with Gasteiger partial charge in [0.25, 0.3) is 0 Å². The molecule has 146 valence electrons. The number of nitrogens with one attached hydrogen (secondary N) is 1. The SMILES string of the molecule is CCC(C)OC(=O)CCCC(NC(=O)C(F)(F)F)C(=O)OC(C)CC. The lowest BCUT2D eigenvalue weighted by Crippen LogP contribution is -2.48. The number of hydrogen-bond acceptors (Lipinski definition) is 5. The lowest BCUT2D eigenvalue weighted by atomic mass is 10.1. The van der Waals surface area contributed by atoms with Gasteiger partial charge >= 0.3 is 24.0 Å². The van der Waals surface area contributed by atoms with Gasteiger partial charge in [-0.1, -0.05) is 13.8 Å². The molecule has 9 heteroatoms. The topological polar surface area (TPSA) is 81.7 Å². The summed E-state index contributed by atoms with van der Waals surface area (Å²) in [5.41, 5.74) is 0. The standard InChI is InChI=1S/C16H26F3NO5/c1-5-10(3)24-13(21)9-7-8-12(14(22)25-11(4)6-2)20-15(23)16(17,18)19/h10-12H,5-9H2,1-4H3,(H,20,23). The molecule has 3 unspecified atom stereocenters. The van der Waals surface area contributed by atoms with Crippen LogP contribution in [0, 0.1) is 0 Å². The molecule has 3 atom stereocenters. The maximum atomic E-state index is 12.4. The molecule has 0 spiro atoms. The molecule has 0 saturated heterocycles. The van der Waals surface area contributed by atoms with Crippen molar-refractivity contribution in [3.63, 3.8) is 0 Å². The highest BCUT2D eigenvalue weighted by molar-refractivity contribution is 5.87. The summed E-state index contributed by atoms with van der Waals surface area (Å²) < 4.78 is 47.2. The summed E-state index contributed by atoms with van der Waals surface area (Å²) in [5.74, 6) is -3.69. The van der Waals surface area contributed by atoms with Gasteiger partial charge in [0.2, 0.25) is 0 Å². The molecule has 0 aromatic carbocycles. The van der Waals surface area contributed by atoms with Crippen LogP contribution in [0.3, 0.4) is 0 Å². The van der Waals surface area contributed by atoms with Crippen molar-refractivity contribution in [1.29, 1.82) is 0 Å². The normalized spacial score (nSPS) is 15.0. The number of esters is 2. The van der Waals surface area contributed by atoms with Gasteiger partial charge in [0.1, 0.15) is 6.04 Å². The van der Waals surface area contributed by atoms with Gasteiger partial charge in [0.15, 0.2) is 0 Å². The Morgan fingerprint density at radius 1 is 1.00 bits per heavy atom. The van der Waals surface area contributed by atoms with E-state index in [0.717, 1.165) is 0 Å². The number of carbonyl (C=O) groups excluding carboxylic acids is 3. The lowest BCUT2D eigenvalue weighted by molar-refractivity contribution is -0.176. The minimum Gasteiger partial charge on any atom is -0.463 e. The maximum Gasteiger partial charge on any atom is 0.471 e. The molecule has 0 fully saturated rings. The van der Waals surface area contributed by atoms with E-state index in [1.165, 1.54) is 0 Å². The van der Waals surface area contributed by atoms with Crippen molar-refractivity contribution in [3.05, 3.63) is 0 Å². The molecule has 0 saturated carbocycles. The van der Waals surface area contributed by atoms with Gasteiger partial charge in [-0.15, -0.1) is 0 Å². The number of hydrogen-bond donors (Lipinski definition) is 1. The monoisotopic (exact) mass is 369 g/mol. The average molecular weight is 369 g/mol. The van der Waals surface area contributed by atoms with Gasteiger partial charge in [-0.3, -0.25) is 9.59 Å². The fourth-order valence-electron chi connectivity index (χ4n) is 1.67. The van der Waals surface area contributed by atoms with Crippen LogP contribution >= 0.6 is 0 Å². The molecule has 0 radical (unpaired) electrons. The summed E-state index contributed by atoms with van der Waals surface area (Å²) in [6, 6.07) is -1.47. The van der Waals surface area contributed by atoms with Gasteiger partial charge in [-0.2, -0.15) is 13.2 Å². The highest BCUT2D eigenvalue weighted by Gasteiger charge is 2.41. The first kappa shape index (κ1) is 23.2. The van der Waals surface area contributed by atoms with Crippen molar-refractivity contribution in [2.75, 3.05) is 0 Å². The number of ether oxygens (including phenoxy) is 2. The van der Waals surface area contributed by atoms with E-state index in [1.807, 2.05) is 6.92 Å². The van der Waals surface area contributed by atoms with E-state index in [4.69, 9.17) is 9.47 Å². The van der Waals surface area contributed by atoms with Crippen LogP contribution in [0.4, 0.5) is 13.2 Å². The number of carbonyl (C=O) groups is 3. The summed E-state index contributed by atoms with van der Waals surface area (Å²) in [6.07, 6.45) is -4.90. The van der Waals surface area contributed by atoms with Crippen molar-refractivity contribution < 1.29 is 37.0 Å². The molecule has 0 aliphatic rings. The van der Waals surface area contributed by atoms with Crippen LogP contribution in [0.5, 0.6) is 0 Å². The number of amides is 1. The molecule has 0 aromatic heterocycles. The Morgan fingerprint density at radius 3 is 2.00 bits per heavy atom. The third-order valence-electron chi connectivity index (χ3n) is 3.52. The fourth-order valence-corrected chi connectivity index (χ4v) is 1.67. The minimum atomic E-state index is -5.11. The van der Waals surface area contributed by atoms with E-state index in [2.05, 4.69) is 0 Å². The Balaban J connectivity index is 4.70. The fraction of sp³-hybridized carbons (Fsp3) is 0.812. The number of rotatable bonds is 10. The van der Waals surface area contributed by atoms with Crippen molar-refractivity contribution in [1.82, 2.24) is 5.32 Å². The molecule has 0 rings (SSSR count). The van der Waals surface area contributed by atoms with Crippen molar-refractivity contribution in [2.45, 2.75) is 84.2 Å². The molecule has 0 aliphatic heterocycles. The molecule has 0 bridgehead atoms. The van der Waals surface area contributed by atoms with Crippen molar-refractivity contribution >= 4 is 17.8 Å². The van der Waals surface area contributed by atoms with Gasteiger partial charge in [-0.25, -0.2) is 4.79 Å². The number of halogens is 3. The van der Waals surface area contributed by atoms with E-state index in [9.17, 15) is 27.6 Å². The molecule has 0 aliphatic carbocycles. The summed E-state index contributed by atoms with van der Waals surface area (Å²) in [5, 5.41) is 1.62. The Hall–Kier alpha value is -1.80. The van der Waals surface area contributed by atoms with E-state index in [1.54, 1.807) is 26.1 Å². The predicted octanol–water partition coefficient (Wildman–Crippen LogP) is 2.89. The Labute approximate surface area is 145 Å². The molecule has 0 aromatic rings. The summed E-state index contributed by atoms with van der Waals surface area (Å²) >= 11 is 0. The smallest absolute Gasteiger partial charge is 0.463 e. The van der Waals surface area contributed by atoms with Crippen LogP contribution in [0.1, 0.15) is 59.8 Å². The second-order valence-electron chi connectivity index (χ2n) is 5.78. The molecule has 6 nitrogen and oxygen atoms in total. The zero-order valence-corrected chi connectivity index (χ0v) is 14.9. The first-order chi connectivity index (χ1) is 11.5. The molecule has 0 heterocycles. The molecule has 1 amide bonds. The molecule has 25 heavy (non-hydrogen) atoms. The summed E-state index contributed by atoms with van der Waals surface area (Å²) in [7, 11) is 0. The Morgan fingerprint density at radius 2 is 1.52 bits per heavy atom. The first-order valence-corrected chi connectivity index (χ1v) is 8.28. The van der Waals surface area contributed by atoms with Gasteiger partial charge in [0, 0.05) is 6.42 Å². The predicted molar refractivity (Wildman–Crippen MR) is 83.5 cm³/mol. The van der Waals surface area contributed by atoms with Crippen LogP contribution in [0.25, 0.3) is 0 Å². The highest BCUT2D eigenvalue weighted by Crippen LogP contribution is 2.16. The van der Waals surface area contributed by atoms with Gasteiger partial charge in [-0.05, 0) is 39.5 Å².